The Morgan fingerprint density at radius 1 is 1.34 bits per heavy atom. The third-order valence-corrected chi connectivity index (χ3v) is 5.15. The second kappa shape index (κ2) is 9.29. The van der Waals surface area contributed by atoms with Gasteiger partial charge in [-0.2, -0.15) is 4.98 Å². The number of aromatic nitrogens is 2. The van der Waals surface area contributed by atoms with Crippen LogP contribution in [-0.2, 0) is 16.6 Å². The van der Waals surface area contributed by atoms with Crippen LogP contribution >= 0.6 is 0 Å². The van der Waals surface area contributed by atoms with E-state index in [0.29, 0.717) is 31.0 Å². The van der Waals surface area contributed by atoms with Gasteiger partial charge in [-0.25, -0.2) is 0 Å². The van der Waals surface area contributed by atoms with Crippen LogP contribution in [0.4, 0.5) is 5.69 Å². The van der Waals surface area contributed by atoms with Gasteiger partial charge in [-0.1, -0.05) is 38.1 Å². The van der Waals surface area contributed by atoms with Crippen LogP contribution in [0.15, 0.2) is 28.8 Å². The van der Waals surface area contributed by atoms with E-state index in [0.717, 1.165) is 37.4 Å². The molecule has 1 saturated heterocycles. The zero-order chi connectivity index (χ0) is 20.9. The largest absolute Gasteiger partial charge is 0.495 e. The van der Waals surface area contributed by atoms with Crippen LogP contribution < -0.4 is 15.0 Å². The van der Waals surface area contributed by atoms with Gasteiger partial charge in [-0.3, -0.25) is 4.79 Å². The molecule has 1 unspecified atom stereocenters. The van der Waals surface area contributed by atoms with Gasteiger partial charge in [0.15, 0.2) is 5.82 Å². The molecule has 0 radical (unpaired) electrons. The number of carbonyl (C=O) groups excluding carboxylic acids is 1. The van der Waals surface area contributed by atoms with E-state index in [1.807, 2.05) is 39.0 Å². The highest BCUT2D eigenvalue weighted by Gasteiger charge is 2.24. The minimum absolute atomic E-state index is 0.0763. The van der Waals surface area contributed by atoms with Crippen molar-refractivity contribution in [3.05, 3.63) is 36.0 Å². The van der Waals surface area contributed by atoms with Crippen LogP contribution in [0.3, 0.4) is 0 Å². The second-order valence-corrected chi connectivity index (χ2v) is 8.64. The maximum Gasteiger partial charge on any atom is 0.226 e. The molecule has 2 heterocycles. The lowest BCUT2D eigenvalue weighted by Gasteiger charge is -2.35. The van der Waals surface area contributed by atoms with Crippen LogP contribution in [0.5, 0.6) is 5.75 Å². The van der Waals surface area contributed by atoms with Crippen molar-refractivity contribution >= 4 is 11.6 Å². The molecule has 1 aliphatic rings. The first-order valence-corrected chi connectivity index (χ1v) is 10.4. The number of para-hydroxylation sites is 2. The lowest BCUT2D eigenvalue weighted by atomic mass is 9.96. The molecule has 1 atom stereocenters. The van der Waals surface area contributed by atoms with Gasteiger partial charge in [0.05, 0.1) is 12.8 Å². The summed E-state index contributed by atoms with van der Waals surface area (Å²) in [5, 5.41) is 7.21. The third kappa shape index (κ3) is 5.71. The number of nitrogens with one attached hydrogen (secondary N) is 1. The smallest absolute Gasteiger partial charge is 0.226 e. The Hall–Kier alpha value is -2.57. The molecule has 1 aromatic carbocycles. The van der Waals surface area contributed by atoms with Crippen LogP contribution in [0.25, 0.3) is 0 Å². The van der Waals surface area contributed by atoms with Crippen molar-refractivity contribution in [3.8, 4) is 5.75 Å². The summed E-state index contributed by atoms with van der Waals surface area (Å²) >= 11 is 0. The highest BCUT2D eigenvalue weighted by Crippen LogP contribution is 2.29. The van der Waals surface area contributed by atoms with E-state index >= 15 is 0 Å². The highest BCUT2D eigenvalue weighted by atomic mass is 16.5. The van der Waals surface area contributed by atoms with Gasteiger partial charge < -0.3 is 19.5 Å². The average molecular weight is 401 g/mol. The van der Waals surface area contributed by atoms with Gasteiger partial charge >= 0.3 is 0 Å². The topological polar surface area (TPSA) is 80.5 Å². The van der Waals surface area contributed by atoms with Gasteiger partial charge in [0, 0.05) is 37.4 Å². The molecular formula is C22H32N4O3. The molecule has 1 N–H and O–H groups in total. The van der Waals surface area contributed by atoms with Gasteiger partial charge in [0.2, 0.25) is 11.8 Å². The summed E-state index contributed by atoms with van der Waals surface area (Å²) in [4.78, 5) is 19.1. The number of rotatable bonds is 7. The van der Waals surface area contributed by atoms with Crippen molar-refractivity contribution in [2.24, 2.45) is 0 Å². The molecule has 1 fully saturated rings. The summed E-state index contributed by atoms with van der Waals surface area (Å²) in [6.45, 7) is 7.92. The molecule has 7 nitrogen and oxygen atoms in total. The van der Waals surface area contributed by atoms with E-state index in [4.69, 9.17) is 9.26 Å². The molecule has 1 aliphatic heterocycles. The van der Waals surface area contributed by atoms with E-state index in [2.05, 4.69) is 26.4 Å². The number of piperidine rings is 1. The number of amides is 1. The molecule has 0 aliphatic carbocycles. The maximum absolute atomic E-state index is 12.4. The Bertz CT molecular complexity index is 812. The first-order chi connectivity index (χ1) is 13.9. The number of ether oxygens (including phenoxy) is 1. The Balaban J connectivity index is 1.46. The minimum atomic E-state index is -0.132. The molecule has 2 aromatic rings. The fourth-order valence-corrected chi connectivity index (χ4v) is 3.57. The van der Waals surface area contributed by atoms with Crippen molar-refractivity contribution in [2.45, 2.75) is 64.3 Å². The van der Waals surface area contributed by atoms with Crippen molar-refractivity contribution in [3.63, 3.8) is 0 Å². The lowest BCUT2D eigenvalue weighted by Crippen LogP contribution is -2.47. The third-order valence-electron chi connectivity index (χ3n) is 5.15. The number of benzene rings is 1. The first-order valence-electron chi connectivity index (χ1n) is 10.4. The molecule has 0 bridgehead atoms. The van der Waals surface area contributed by atoms with Gasteiger partial charge in [-0.05, 0) is 31.4 Å². The quantitative estimate of drug-likeness (QED) is 0.766. The molecule has 158 valence electrons. The number of aryl methyl sites for hydroxylation is 1. The number of carbonyl (C=O) groups is 1. The molecule has 1 aromatic heterocycles. The van der Waals surface area contributed by atoms with Gasteiger partial charge in [0.1, 0.15) is 5.75 Å². The van der Waals surface area contributed by atoms with E-state index in [9.17, 15) is 4.79 Å². The van der Waals surface area contributed by atoms with E-state index in [-0.39, 0.29) is 17.4 Å². The van der Waals surface area contributed by atoms with E-state index in [1.54, 1.807) is 7.11 Å². The summed E-state index contributed by atoms with van der Waals surface area (Å²) < 4.78 is 10.8. The Kier molecular flexibility index (Phi) is 6.77. The van der Waals surface area contributed by atoms with E-state index in [1.165, 1.54) is 0 Å². The fraction of sp³-hybridized carbons (Fsp3) is 0.591. The number of hydrogen-bond acceptors (Lipinski definition) is 6. The normalized spacial score (nSPS) is 17.2. The molecular weight excluding hydrogens is 368 g/mol. The Labute approximate surface area is 172 Å². The number of nitrogens with zero attached hydrogens (tertiary/aromatic N) is 3. The highest BCUT2D eigenvalue weighted by molar-refractivity contribution is 5.76. The second-order valence-electron chi connectivity index (χ2n) is 8.64. The van der Waals surface area contributed by atoms with Crippen LogP contribution in [-0.4, -0.2) is 42.3 Å². The van der Waals surface area contributed by atoms with Crippen molar-refractivity contribution < 1.29 is 14.1 Å². The van der Waals surface area contributed by atoms with Gasteiger partial charge in [-0.15, -0.1) is 0 Å². The molecule has 29 heavy (non-hydrogen) atoms. The standard InChI is InChI=1S/C22H32N4O3/c1-22(2,3)21-24-20(29-25-21)13-7-12-19(27)23-16-9-8-14-26(15-16)17-10-5-6-11-18(17)28-4/h5-6,10-11,16H,7-9,12-15H2,1-4H3,(H,23,27). The lowest BCUT2D eigenvalue weighted by molar-refractivity contribution is -0.121. The average Bonchev–Trinajstić information content (AvgIpc) is 3.17. The SMILES string of the molecule is COc1ccccc1N1CCCC(NC(=O)CCCc2nc(C(C)(C)C)no2)C1. The summed E-state index contributed by atoms with van der Waals surface area (Å²) in [7, 11) is 1.69. The van der Waals surface area contributed by atoms with Crippen LogP contribution in [0.2, 0.25) is 0 Å². The molecule has 0 saturated carbocycles. The zero-order valence-electron chi connectivity index (χ0n) is 17.9. The Morgan fingerprint density at radius 3 is 2.86 bits per heavy atom. The molecule has 3 rings (SSSR count). The van der Waals surface area contributed by atoms with Crippen LogP contribution in [0, 0.1) is 0 Å². The van der Waals surface area contributed by atoms with Crippen molar-refractivity contribution in [1.82, 2.24) is 15.5 Å². The van der Waals surface area contributed by atoms with Crippen molar-refractivity contribution in [2.75, 3.05) is 25.1 Å². The summed E-state index contributed by atoms with van der Waals surface area (Å²) in [6, 6.07) is 8.18. The monoisotopic (exact) mass is 400 g/mol. The van der Waals surface area contributed by atoms with Crippen molar-refractivity contribution in [1.29, 1.82) is 0 Å². The van der Waals surface area contributed by atoms with E-state index < -0.39 is 0 Å². The summed E-state index contributed by atoms with van der Waals surface area (Å²) in [6.07, 6.45) is 3.81. The number of methoxy groups -OCH3 is 1. The predicted molar refractivity (Wildman–Crippen MR) is 112 cm³/mol. The van der Waals surface area contributed by atoms with Crippen LogP contribution in [0.1, 0.15) is 58.2 Å². The molecule has 0 spiro atoms. The summed E-state index contributed by atoms with van der Waals surface area (Å²) in [5.74, 6) is 2.25. The minimum Gasteiger partial charge on any atom is -0.495 e. The fourth-order valence-electron chi connectivity index (χ4n) is 3.57. The zero-order valence-corrected chi connectivity index (χ0v) is 17.9. The molecule has 7 heteroatoms. The Morgan fingerprint density at radius 2 is 2.14 bits per heavy atom. The maximum atomic E-state index is 12.4. The summed E-state index contributed by atoms with van der Waals surface area (Å²) in [5.41, 5.74) is 0.952. The number of anilines is 1. The predicted octanol–water partition coefficient (Wildman–Crippen LogP) is 3.48. The molecule has 1 amide bonds. The first kappa shape index (κ1) is 21.1. The van der Waals surface area contributed by atoms with Gasteiger partial charge in [0.25, 0.3) is 0 Å². The number of hydrogen-bond donors (Lipinski definition) is 1.